The molecule has 0 radical (unpaired) electrons. The minimum Gasteiger partial charge on any atom is -0.355 e. The standard InChI is InChI=1S/C29H34N6O/c1-5-22-6-7-23(26-17-30-20-34(26)4)15-25(22)14-21(2)32-28(36)24-8-11-31-27(16-24)35-18-29(19-35)9-12-33(3)13-10-29/h5-8,11,14-17,20H,1,9-10,12-13,18-19H2,2-4H3,(H,32,36)/b21-14+. The van der Waals surface area contributed by atoms with Gasteiger partial charge in [-0.25, -0.2) is 9.97 Å². The van der Waals surface area contributed by atoms with Crippen molar-refractivity contribution in [2.45, 2.75) is 19.8 Å². The summed E-state index contributed by atoms with van der Waals surface area (Å²) in [6.07, 6.45) is 11.6. The van der Waals surface area contributed by atoms with Gasteiger partial charge in [0.05, 0.1) is 18.2 Å². The molecule has 7 heteroatoms. The van der Waals surface area contributed by atoms with Gasteiger partial charge in [-0.05, 0) is 75.3 Å². The van der Waals surface area contributed by atoms with Crippen LogP contribution in [0.15, 0.2) is 61.3 Å². The van der Waals surface area contributed by atoms with E-state index in [0.717, 1.165) is 60.1 Å². The number of nitrogens with zero attached hydrogens (tertiary/aromatic N) is 5. The summed E-state index contributed by atoms with van der Waals surface area (Å²) < 4.78 is 1.98. The van der Waals surface area contributed by atoms with E-state index in [1.807, 2.05) is 49.0 Å². The molecule has 0 unspecified atom stereocenters. The molecule has 36 heavy (non-hydrogen) atoms. The maximum absolute atomic E-state index is 13.1. The van der Waals surface area contributed by atoms with Gasteiger partial charge >= 0.3 is 0 Å². The summed E-state index contributed by atoms with van der Waals surface area (Å²) >= 11 is 0. The number of pyridine rings is 1. The molecule has 1 amide bonds. The molecule has 2 aliphatic heterocycles. The molecule has 0 atom stereocenters. The normalized spacial score (nSPS) is 17.6. The van der Waals surface area contributed by atoms with Crippen molar-refractivity contribution < 1.29 is 4.79 Å². The number of carbonyl (C=O) groups is 1. The third-order valence-electron chi connectivity index (χ3n) is 7.53. The van der Waals surface area contributed by atoms with Crippen molar-refractivity contribution in [3.05, 3.63) is 78.0 Å². The second-order valence-electron chi connectivity index (χ2n) is 10.3. The van der Waals surface area contributed by atoms with Gasteiger partial charge in [0.25, 0.3) is 5.91 Å². The van der Waals surface area contributed by atoms with E-state index in [1.165, 1.54) is 12.8 Å². The van der Waals surface area contributed by atoms with Crippen LogP contribution in [-0.4, -0.2) is 58.6 Å². The minimum absolute atomic E-state index is 0.134. The summed E-state index contributed by atoms with van der Waals surface area (Å²) in [5.74, 6) is 0.747. The number of piperidine rings is 1. The number of hydrogen-bond acceptors (Lipinski definition) is 5. The average molecular weight is 483 g/mol. The largest absolute Gasteiger partial charge is 0.355 e. The molecule has 5 rings (SSSR count). The molecule has 186 valence electrons. The molecule has 2 aliphatic rings. The fourth-order valence-corrected chi connectivity index (χ4v) is 5.27. The number of anilines is 1. The summed E-state index contributed by atoms with van der Waals surface area (Å²) in [5.41, 5.74) is 5.87. The summed E-state index contributed by atoms with van der Waals surface area (Å²) in [5, 5.41) is 3.04. The summed E-state index contributed by atoms with van der Waals surface area (Å²) in [6, 6.07) is 9.87. The van der Waals surface area contributed by atoms with Crippen LogP contribution in [0.5, 0.6) is 0 Å². The zero-order valence-electron chi connectivity index (χ0n) is 21.4. The van der Waals surface area contributed by atoms with Crippen LogP contribution in [-0.2, 0) is 7.05 Å². The number of imidazole rings is 1. The lowest BCUT2D eigenvalue weighted by molar-refractivity contribution is 0.0900. The summed E-state index contributed by atoms with van der Waals surface area (Å²) in [4.78, 5) is 26.5. The van der Waals surface area contributed by atoms with E-state index in [1.54, 1.807) is 18.6 Å². The van der Waals surface area contributed by atoms with Gasteiger partial charge in [-0.1, -0.05) is 24.8 Å². The quantitative estimate of drug-likeness (QED) is 0.562. The first-order valence-electron chi connectivity index (χ1n) is 12.5. The Hall–Kier alpha value is -3.71. The van der Waals surface area contributed by atoms with Gasteiger partial charge < -0.3 is 19.7 Å². The van der Waals surface area contributed by atoms with Crippen molar-refractivity contribution in [3.8, 4) is 11.3 Å². The van der Waals surface area contributed by atoms with Crippen LogP contribution in [0, 0.1) is 5.41 Å². The Morgan fingerprint density at radius 1 is 1.11 bits per heavy atom. The number of hydrogen-bond donors (Lipinski definition) is 1. The van der Waals surface area contributed by atoms with Crippen molar-refractivity contribution in [2.24, 2.45) is 12.5 Å². The predicted octanol–water partition coefficient (Wildman–Crippen LogP) is 4.45. The van der Waals surface area contributed by atoms with Gasteiger partial charge in [-0.2, -0.15) is 0 Å². The number of amides is 1. The Balaban J connectivity index is 1.28. The van der Waals surface area contributed by atoms with Gasteiger partial charge in [0, 0.05) is 48.6 Å². The lowest BCUT2D eigenvalue weighted by Crippen LogP contribution is -2.60. The van der Waals surface area contributed by atoms with E-state index in [2.05, 4.69) is 50.8 Å². The van der Waals surface area contributed by atoms with E-state index < -0.39 is 0 Å². The molecule has 0 saturated carbocycles. The van der Waals surface area contributed by atoms with Crippen molar-refractivity contribution in [1.82, 2.24) is 24.8 Å². The van der Waals surface area contributed by atoms with E-state index in [-0.39, 0.29) is 5.91 Å². The molecule has 2 aromatic heterocycles. The molecule has 0 bridgehead atoms. The van der Waals surface area contributed by atoms with Crippen molar-refractivity contribution in [2.75, 3.05) is 38.1 Å². The Labute approximate surface area is 213 Å². The topological polar surface area (TPSA) is 66.3 Å². The molecule has 1 aromatic carbocycles. The molecular weight excluding hydrogens is 448 g/mol. The molecule has 2 fully saturated rings. The summed E-state index contributed by atoms with van der Waals surface area (Å²) in [7, 11) is 4.17. The highest BCUT2D eigenvalue weighted by Crippen LogP contribution is 2.41. The number of benzene rings is 1. The predicted molar refractivity (Wildman–Crippen MR) is 145 cm³/mol. The average Bonchev–Trinajstić information content (AvgIpc) is 3.29. The fraction of sp³-hybridized carbons (Fsp3) is 0.345. The van der Waals surface area contributed by atoms with Crippen LogP contribution >= 0.6 is 0 Å². The third kappa shape index (κ3) is 4.84. The van der Waals surface area contributed by atoms with Crippen molar-refractivity contribution >= 4 is 23.9 Å². The molecule has 4 heterocycles. The highest BCUT2D eigenvalue weighted by molar-refractivity contribution is 5.96. The Morgan fingerprint density at radius 3 is 2.58 bits per heavy atom. The van der Waals surface area contributed by atoms with Crippen LogP contribution in [0.4, 0.5) is 5.82 Å². The van der Waals surface area contributed by atoms with E-state index in [4.69, 9.17) is 0 Å². The van der Waals surface area contributed by atoms with Gasteiger partial charge in [0.15, 0.2) is 0 Å². The van der Waals surface area contributed by atoms with Crippen LogP contribution in [0.2, 0.25) is 0 Å². The molecule has 1 N–H and O–H groups in total. The van der Waals surface area contributed by atoms with E-state index in [9.17, 15) is 4.79 Å². The molecule has 0 aliphatic carbocycles. The van der Waals surface area contributed by atoms with Crippen LogP contribution in [0.1, 0.15) is 41.3 Å². The first-order valence-corrected chi connectivity index (χ1v) is 12.5. The molecular formula is C29H34N6O. The van der Waals surface area contributed by atoms with Crippen LogP contribution in [0.3, 0.4) is 0 Å². The SMILES string of the molecule is C=Cc1ccc(-c2cncn2C)cc1/C=C(\C)NC(=O)c1ccnc(N2CC3(CCN(C)CC3)C2)c1. The lowest BCUT2D eigenvalue weighted by Gasteiger charge is -2.54. The highest BCUT2D eigenvalue weighted by atomic mass is 16.1. The number of aromatic nitrogens is 3. The maximum Gasteiger partial charge on any atom is 0.255 e. The first-order chi connectivity index (χ1) is 17.4. The zero-order valence-corrected chi connectivity index (χ0v) is 21.4. The monoisotopic (exact) mass is 482 g/mol. The van der Waals surface area contributed by atoms with Crippen LogP contribution < -0.4 is 10.2 Å². The third-order valence-corrected chi connectivity index (χ3v) is 7.53. The number of nitrogens with one attached hydrogen (secondary N) is 1. The minimum atomic E-state index is -0.134. The molecule has 3 aromatic rings. The Kier molecular flexibility index (Phi) is 6.49. The maximum atomic E-state index is 13.1. The zero-order chi connectivity index (χ0) is 25.3. The van der Waals surface area contributed by atoms with E-state index >= 15 is 0 Å². The van der Waals surface area contributed by atoms with Gasteiger partial charge in [0.2, 0.25) is 0 Å². The van der Waals surface area contributed by atoms with Crippen molar-refractivity contribution in [1.29, 1.82) is 0 Å². The smallest absolute Gasteiger partial charge is 0.255 e. The van der Waals surface area contributed by atoms with Crippen molar-refractivity contribution in [3.63, 3.8) is 0 Å². The number of carbonyl (C=O) groups excluding carboxylic acids is 1. The second kappa shape index (κ2) is 9.74. The first kappa shape index (κ1) is 24.0. The lowest BCUT2D eigenvalue weighted by atomic mass is 9.72. The summed E-state index contributed by atoms with van der Waals surface area (Å²) in [6.45, 7) is 10.2. The van der Waals surface area contributed by atoms with Gasteiger partial charge in [-0.3, -0.25) is 4.79 Å². The Morgan fingerprint density at radius 2 is 1.89 bits per heavy atom. The highest BCUT2D eigenvalue weighted by Gasteiger charge is 2.44. The molecule has 7 nitrogen and oxygen atoms in total. The van der Waals surface area contributed by atoms with E-state index in [0.29, 0.717) is 11.0 Å². The number of likely N-dealkylation sites (tertiary alicyclic amines) is 1. The van der Waals surface area contributed by atoms with Gasteiger partial charge in [-0.15, -0.1) is 0 Å². The molecule has 1 spiro atoms. The Bertz CT molecular complexity index is 1310. The van der Waals surface area contributed by atoms with Crippen LogP contribution in [0.25, 0.3) is 23.4 Å². The van der Waals surface area contributed by atoms with Gasteiger partial charge in [0.1, 0.15) is 5.82 Å². The fourth-order valence-electron chi connectivity index (χ4n) is 5.27. The molecule has 2 saturated heterocycles. The number of aryl methyl sites for hydroxylation is 1. The number of rotatable bonds is 6. The second-order valence-corrected chi connectivity index (χ2v) is 10.3. The number of allylic oxidation sites excluding steroid dienone is 1.